The van der Waals surface area contributed by atoms with E-state index in [0.29, 0.717) is 38.1 Å². The monoisotopic (exact) mass is 321 g/mol. The molecule has 0 saturated carbocycles. The number of carbonyl (C=O) groups is 2. The summed E-state index contributed by atoms with van der Waals surface area (Å²) in [5.41, 5.74) is 0. The number of aryl methyl sites for hydroxylation is 1. The third kappa shape index (κ3) is 3.70. The van der Waals surface area contributed by atoms with Gasteiger partial charge < -0.3 is 9.73 Å². The molecule has 1 unspecified atom stereocenters. The van der Waals surface area contributed by atoms with Crippen LogP contribution in [-0.4, -0.2) is 77.4 Å². The van der Waals surface area contributed by atoms with Crippen molar-refractivity contribution in [2.24, 2.45) is 0 Å². The quantitative estimate of drug-likeness (QED) is 0.825. The third-order valence-electron chi connectivity index (χ3n) is 4.44. The van der Waals surface area contributed by atoms with E-state index in [1.807, 2.05) is 14.0 Å². The second-order valence-corrected chi connectivity index (χ2v) is 6.23. The molecular formula is C15H23N5O3. The van der Waals surface area contributed by atoms with Gasteiger partial charge in [0.15, 0.2) is 0 Å². The molecule has 2 aliphatic rings. The van der Waals surface area contributed by atoms with E-state index in [9.17, 15) is 9.59 Å². The second-order valence-electron chi connectivity index (χ2n) is 6.23. The summed E-state index contributed by atoms with van der Waals surface area (Å²) in [5.74, 6) is 1.41. The highest BCUT2D eigenvalue weighted by Gasteiger charge is 2.31. The predicted molar refractivity (Wildman–Crippen MR) is 82.7 cm³/mol. The molecule has 0 spiro atoms. The van der Waals surface area contributed by atoms with E-state index in [-0.39, 0.29) is 11.9 Å². The van der Waals surface area contributed by atoms with Crippen molar-refractivity contribution in [3.8, 4) is 0 Å². The average molecular weight is 321 g/mol. The van der Waals surface area contributed by atoms with E-state index in [2.05, 4.69) is 20.1 Å². The summed E-state index contributed by atoms with van der Waals surface area (Å²) in [6.07, 6.45) is 2.72. The van der Waals surface area contributed by atoms with E-state index in [1.54, 1.807) is 6.20 Å². The van der Waals surface area contributed by atoms with Gasteiger partial charge in [0.2, 0.25) is 11.8 Å². The molecule has 2 saturated heterocycles. The number of likely N-dealkylation sites (N-methyl/N-ethyl adjacent to an activating group) is 1. The first-order chi connectivity index (χ1) is 11.0. The van der Waals surface area contributed by atoms with E-state index < -0.39 is 0 Å². The molecule has 1 aromatic rings. The van der Waals surface area contributed by atoms with Crippen LogP contribution >= 0.6 is 0 Å². The average Bonchev–Trinajstić information content (AvgIpc) is 3.21. The van der Waals surface area contributed by atoms with Crippen LogP contribution in [0.15, 0.2) is 10.6 Å². The summed E-state index contributed by atoms with van der Waals surface area (Å²) in [6, 6.07) is 0.0875. The van der Waals surface area contributed by atoms with Crippen LogP contribution in [0.25, 0.3) is 0 Å². The Bertz CT molecular complexity index is 587. The van der Waals surface area contributed by atoms with Gasteiger partial charge in [-0.05, 0) is 20.4 Å². The molecule has 3 heterocycles. The number of rotatable bonds is 5. The Morgan fingerprint density at radius 1 is 1.52 bits per heavy atom. The molecule has 126 valence electrons. The lowest BCUT2D eigenvalue weighted by molar-refractivity contribution is -0.128. The smallest absolute Gasteiger partial charge is 0.324 e. The van der Waals surface area contributed by atoms with Crippen molar-refractivity contribution < 1.29 is 14.0 Å². The highest BCUT2D eigenvalue weighted by atomic mass is 16.4. The number of amides is 3. The maximum atomic E-state index is 12.2. The van der Waals surface area contributed by atoms with Crippen molar-refractivity contribution in [3.63, 3.8) is 0 Å². The maximum absolute atomic E-state index is 12.2. The van der Waals surface area contributed by atoms with E-state index >= 15 is 0 Å². The van der Waals surface area contributed by atoms with Crippen LogP contribution in [0.1, 0.15) is 18.1 Å². The topological polar surface area (TPSA) is 81.9 Å². The second kappa shape index (κ2) is 6.67. The van der Waals surface area contributed by atoms with Crippen molar-refractivity contribution in [2.75, 3.05) is 39.8 Å². The number of carbonyl (C=O) groups excluding carboxylic acids is 2. The maximum Gasteiger partial charge on any atom is 0.324 e. The third-order valence-corrected chi connectivity index (χ3v) is 4.44. The van der Waals surface area contributed by atoms with Gasteiger partial charge in [-0.1, -0.05) is 0 Å². The molecule has 1 atom stereocenters. The van der Waals surface area contributed by atoms with Crippen LogP contribution in [0.2, 0.25) is 0 Å². The highest BCUT2D eigenvalue weighted by molar-refractivity contribution is 5.96. The fourth-order valence-electron chi connectivity index (χ4n) is 3.12. The Balaban J connectivity index is 1.48. The molecule has 2 aliphatic heterocycles. The van der Waals surface area contributed by atoms with Gasteiger partial charge in [-0.15, -0.1) is 0 Å². The van der Waals surface area contributed by atoms with Crippen LogP contribution < -0.4 is 5.32 Å². The van der Waals surface area contributed by atoms with Crippen LogP contribution in [0.3, 0.4) is 0 Å². The van der Waals surface area contributed by atoms with Gasteiger partial charge in [0.1, 0.15) is 5.76 Å². The number of imide groups is 1. The van der Waals surface area contributed by atoms with Gasteiger partial charge >= 0.3 is 6.03 Å². The van der Waals surface area contributed by atoms with Gasteiger partial charge in [0, 0.05) is 32.2 Å². The highest BCUT2D eigenvalue weighted by Crippen LogP contribution is 2.17. The van der Waals surface area contributed by atoms with Gasteiger partial charge in [-0.3, -0.25) is 19.5 Å². The summed E-state index contributed by atoms with van der Waals surface area (Å²) in [5, 5.41) is 2.65. The Hall–Kier alpha value is -1.93. The minimum atomic E-state index is -0.276. The Morgan fingerprint density at radius 3 is 3.00 bits per heavy atom. The molecule has 0 aromatic carbocycles. The molecule has 8 nitrogen and oxygen atoms in total. The molecule has 0 radical (unpaired) electrons. The first-order valence-electron chi connectivity index (χ1n) is 7.95. The molecule has 8 heteroatoms. The molecule has 1 N–H and O–H groups in total. The number of likely N-dealkylation sites (tertiary alicyclic amines) is 1. The normalized spacial score (nSPS) is 22.1. The van der Waals surface area contributed by atoms with E-state index in [4.69, 9.17) is 4.42 Å². The molecule has 2 fully saturated rings. The largest absolute Gasteiger partial charge is 0.445 e. The zero-order valence-electron chi connectivity index (χ0n) is 13.6. The van der Waals surface area contributed by atoms with Crippen LogP contribution in [-0.2, 0) is 11.3 Å². The predicted octanol–water partition coefficient (Wildman–Crippen LogP) is 0.0409. The van der Waals surface area contributed by atoms with Gasteiger partial charge in [-0.2, -0.15) is 0 Å². The first kappa shape index (κ1) is 15.9. The number of nitrogens with one attached hydrogen (secondary N) is 1. The molecule has 1 aromatic heterocycles. The van der Waals surface area contributed by atoms with Crippen LogP contribution in [0, 0.1) is 6.92 Å². The van der Waals surface area contributed by atoms with Gasteiger partial charge in [-0.25, -0.2) is 9.78 Å². The van der Waals surface area contributed by atoms with Gasteiger partial charge in [0.25, 0.3) is 0 Å². The summed E-state index contributed by atoms with van der Waals surface area (Å²) >= 11 is 0. The number of urea groups is 1. The number of nitrogens with zero attached hydrogens (tertiary/aromatic N) is 4. The van der Waals surface area contributed by atoms with Crippen LogP contribution in [0.4, 0.5) is 4.79 Å². The summed E-state index contributed by atoms with van der Waals surface area (Å²) in [4.78, 5) is 33.5. The molecule has 23 heavy (non-hydrogen) atoms. The van der Waals surface area contributed by atoms with Crippen molar-refractivity contribution in [2.45, 2.75) is 25.9 Å². The zero-order valence-corrected chi connectivity index (χ0v) is 13.6. The molecule has 3 rings (SSSR count). The Kier molecular flexibility index (Phi) is 4.63. The molecular weight excluding hydrogens is 298 g/mol. The SMILES string of the molecule is Cc1cnc(CN(C)C2CCN(CC(=O)N3CCNC3=O)C2)o1. The minimum absolute atomic E-state index is 0.119. The van der Waals surface area contributed by atoms with E-state index in [0.717, 1.165) is 25.3 Å². The van der Waals surface area contributed by atoms with Crippen molar-refractivity contribution in [1.82, 2.24) is 25.0 Å². The first-order valence-corrected chi connectivity index (χ1v) is 7.95. The number of oxazole rings is 1. The fourth-order valence-corrected chi connectivity index (χ4v) is 3.12. The lowest BCUT2D eigenvalue weighted by Gasteiger charge is -2.23. The Morgan fingerprint density at radius 2 is 2.35 bits per heavy atom. The van der Waals surface area contributed by atoms with Crippen molar-refractivity contribution in [3.05, 3.63) is 17.8 Å². The van der Waals surface area contributed by atoms with Crippen molar-refractivity contribution in [1.29, 1.82) is 0 Å². The number of hydrogen-bond acceptors (Lipinski definition) is 6. The zero-order chi connectivity index (χ0) is 16.4. The molecule has 0 aliphatic carbocycles. The summed E-state index contributed by atoms with van der Waals surface area (Å²) < 4.78 is 5.51. The fraction of sp³-hybridized carbons (Fsp3) is 0.667. The van der Waals surface area contributed by atoms with Crippen molar-refractivity contribution >= 4 is 11.9 Å². The lowest BCUT2D eigenvalue weighted by Crippen LogP contribution is -2.42. The minimum Gasteiger partial charge on any atom is -0.445 e. The number of aromatic nitrogens is 1. The summed E-state index contributed by atoms with van der Waals surface area (Å²) in [7, 11) is 2.05. The van der Waals surface area contributed by atoms with E-state index in [1.165, 1.54) is 4.90 Å². The molecule has 0 bridgehead atoms. The van der Waals surface area contributed by atoms with Crippen LogP contribution in [0.5, 0.6) is 0 Å². The summed E-state index contributed by atoms with van der Waals surface area (Å²) in [6.45, 7) is 5.54. The lowest BCUT2D eigenvalue weighted by atomic mass is 10.2. The Labute approximate surface area is 135 Å². The van der Waals surface area contributed by atoms with Gasteiger partial charge in [0.05, 0.1) is 19.3 Å². The number of hydrogen-bond donors (Lipinski definition) is 1. The molecule has 3 amide bonds. The standard InChI is InChI=1S/C15H23N5O3/c1-11-7-17-13(23-11)9-18(2)12-3-5-19(8-12)10-14(21)20-6-4-16-15(20)22/h7,12H,3-6,8-10H2,1-2H3,(H,16,22).